The van der Waals surface area contributed by atoms with E-state index in [0.29, 0.717) is 23.6 Å². The van der Waals surface area contributed by atoms with Crippen molar-refractivity contribution in [3.8, 4) is 16.9 Å². The Hall–Kier alpha value is -2.39. The van der Waals surface area contributed by atoms with Gasteiger partial charge >= 0.3 is 12.3 Å². The van der Waals surface area contributed by atoms with Crippen LogP contribution in [0.3, 0.4) is 0 Å². The Morgan fingerprint density at radius 2 is 1.47 bits per heavy atom. The molecule has 0 N–H and O–H groups in total. The van der Waals surface area contributed by atoms with Gasteiger partial charge in [0.05, 0.1) is 5.56 Å². The summed E-state index contributed by atoms with van der Waals surface area (Å²) in [6.07, 6.45) is -7.92. The molecule has 0 saturated heterocycles. The molecule has 10 heteroatoms. The summed E-state index contributed by atoms with van der Waals surface area (Å²) >= 11 is 0. The third-order valence-corrected chi connectivity index (χ3v) is 6.65. The van der Waals surface area contributed by atoms with E-state index in [2.05, 4.69) is 11.7 Å². The van der Waals surface area contributed by atoms with Crippen molar-refractivity contribution < 1.29 is 44.3 Å². The number of unbranched alkanes of at least 4 members (excludes halogenated alkanes) is 2. The van der Waals surface area contributed by atoms with Crippen LogP contribution in [0.15, 0.2) is 30.3 Å². The molecular formula is C26H27F9O. The van der Waals surface area contributed by atoms with Crippen molar-refractivity contribution in [1.82, 2.24) is 0 Å². The molecule has 1 aliphatic rings. The summed E-state index contributed by atoms with van der Waals surface area (Å²) in [5.74, 6) is -4.44. The van der Waals surface area contributed by atoms with Gasteiger partial charge in [-0.2, -0.15) is 22.0 Å². The fourth-order valence-electron chi connectivity index (χ4n) is 4.70. The third-order valence-electron chi connectivity index (χ3n) is 6.65. The van der Waals surface area contributed by atoms with Crippen molar-refractivity contribution >= 4 is 0 Å². The van der Waals surface area contributed by atoms with E-state index in [1.54, 1.807) is 0 Å². The Balaban J connectivity index is 1.74. The highest BCUT2D eigenvalue weighted by atomic mass is 19.4. The lowest BCUT2D eigenvalue weighted by atomic mass is 9.77. The monoisotopic (exact) mass is 526 g/mol. The molecule has 36 heavy (non-hydrogen) atoms. The maximum Gasteiger partial charge on any atom is 0.439 e. The van der Waals surface area contributed by atoms with Crippen LogP contribution >= 0.6 is 0 Å². The van der Waals surface area contributed by atoms with Gasteiger partial charge in [-0.05, 0) is 72.9 Å². The molecule has 1 fully saturated rings. The summed E-state index contributed by atoms with van der Waals surface area (Å²) in [5, 5.41) is 0. The molecule has 0 aliphatic heterocycles. The second-order valence-corrected chi connectivity index (χ2v) is 9.29. The predicted octanol–water partition coefficient (Wildman–Crippen LogP) is 9.50. The van der Waals surface area contributed by atoms with Crippen LogP contribution in [0.1, 0.15) is 69.8 Å². The molecule has 0 spiro atoms. The van der Waals surface area contributed by atoms with E-state index in [1.807, 2.05) is 0 Å². The van der Waals surface area contributed by atoms with Gasteiger partial charge in [-0.1, -0.05) is 38.7 Å². The highest BCUT2D eigenvalue weighted by Crippen LogP contribution is 2.41. The molecule has 0 amide bonds. The molecule has 0 aromatic heterocycles. The second-order valence-electron chi connectivity index (χ2n) is 9.29. The summed E-state index contributed by atoms with van der Waals surface area (Å²) < 4.78 is 124. The molecule has 1 unspecified atom stereocenters. The first kappa shape index (κ1) is 28.2. The average Bonchev–Trinajstić information content (AvgIpc) is 2.80. The van der Waals surface area contributed by atoms with Gasteiger partial charge in [-0.15, -0.1) is 0 Å². The van der Waals surface area contributed by atoms with Crippen LogP contribution < -0.4 is 4.74 Å². The molecule has 2 aromatic rings. The molecule has 2 aromatic carbocycles. The van der Waals surface area contributed by atoms with E-state index in [-0.39, 0.29) is 11.5 Å². The van der Waals surface area contributed by atoms with E-state index >= 15 is 0 Å². The van der Waals surface area contributed by atoms with E-state index < -0.39 is 47.2 Å². The van der Waals surface area contributed by atoms with Crippen LogP contribution in [0, 0.1) is 23.4 Å². The summed E-state index contributed by atoms with van der Waals surface area (Å²) in [5.41, 5.74) is -0.526. The number of hydrogen-bond acceptors (Lipinski definition) is 1. The summed E-state index contributed by atoms with van der Waals surface area (Å²) in [6, 6.07) is 4.03. The van der Waals surface area contributed by atoms with Crippen LogP contribution in [0.5, 0.6) is 5.75 Å². The van der Waals surface area contributed by atoms with Crippen molar-refractivity contribution in [2.24, 2.45) is 5.92 Å². The van der Waals surface area contributed by atoms with Gasteiger partial charge in [0, 0.05) is 0 Å². The first-order valence-corrected chi connectivity index (χ1v) is 11.9. The van der Waals surface area contributed by atoms with Crippen LogP contribution in [0.4, 0.5) is 39.5 Å². The molecule has 0 heterocycles. The number of benzene rings is 2. The van der Waals surface area contributed by atoms with Crippen molar-refractivity contribution in [3.63, 3.8) is 0 Å². The summed E-state index contributed by atoms with van der Waals surface area (Å²) in [7, 11) is 0. The van der Waals surface area contributed by atoms with Gasteiger partial charge in [-0.25, -0.2) is 17.6 Å². The van der Waals surface area contributed by atoms with Crippen molar-refractivity contribution in [3.05, 3.63) is 53.3 Å². The van der Waals surface area contributed by atoms with Crippen molar-refractivity contribution in [1.29, 1.82) is 0 Å². The minimum atomic E-state index is -5.94. The number of ether oxygens (including phenoxy) is 1. The van der Waals surface area contributed by atoms with E-state index in [9.17, 15) is 39.5 Å². The molecular weight excluding hydrogens is 499 g/mol. The summed E-state index contributed by atoms with van der Waals surface area (Å²) in [6.45, 7) is 2.14. The van der Waals surface area contributed by atoms with E-state index in [1.165, 1.54) is 12.8 Å². The third kappa shape index (κ3) is 6.68. The number of hydrogen-bond donors (Lipinski definition) is 0. The fraction of sp³-hybridized carbons (Fsp3) is 0.538. The van der Waals surface area contributed by atoms with Gasteiger partial charge < -0.3 is 4.74 Å². The first-order chi connectivity index (χ1) is 16.8. The molecule has 3 rings (SSSR count). The Morgan fingerprint density at radius 3 is 2.00 bits per heavy atom. The lowest BCUT2D eigenvalue weighted by Gasteiger charge is -2.29. The highest BCUT2D eigenvalue weighted by molar-refractivity contribution is 5.66. The molecule has 0 bridgehead atoms. The SMILES string of the molecule is CCCCCC1CCC(c2cc(F)c(-c3ccc(OC(F)(F)C(F)C(F)(F)F)c(F)c3)c(F)c2)CC1. The molecule has 1 atom stereocenters. The zero-order valence-electron chi connectivity index (χ0n) is 19.6. The topological polar surface area (TPSA) is 9.23 Å². The first-order valence-electron chi connectivity index (χ1n) is 11.9. The maximum absolute atomic E-state index is 14.9. The Morgan fingerprint density at radius 1 is 0.861 bits per heavy atom. The van der Waals surface area contributed by atoms with Crippen molar-refractivity contribution in [2.75, 3.05) is 0 Å². The van der Waals surface area contributed by atoms with Crippen LogP contribution in [0.25, 0.3) is 11.1 Å². The summed E-state index contributed by atoms with van der Waals surface area (Å²) in [4.78, 5) is 0. The van der Waals surface area contributed by atoms with Crippen LogP contribution in [-0.4, -0.2) is 18.5 Å². The molecule has 200 valence electrons. The van der Waals surface area contributed by atoms with E-state index in [0.717, 1.165) is 56.7 Å². The lowest BCUT2D eigenvalue weighted by Crippen LogP contribution is -2.45. The van der Waals surface area contributed by atoms with Gasteiger partial charge in [0.15, 0.2) is 11.6 Å². The lowest BCUT2D eigenvalue weighted by molar-refractivity contribution is -0.305. The van der Waals surface area contributed by atoms with Crippen LogP contribution in [-0.2, 0) is 0 Å². The van der Waals surface area contributed by atoms with Gasteiger partial charge in [0.25, 0.3) is 6.17 Å². The Labute approximate surface area is 203 Å². The predicted molar refractivity (Wildman–Crippen MR) is 117 cm³/mol. The Bertz CT molecular complexity index is 1000. The Kier molecular flexibility index (Phi) is 8.88. The minimum Gasteiger partial charge on any atom is -0.427 e. The van der Waals surface area contributed by atoms with Crippen molar-refractivity contribution in [2.45, 2.75) is 82.7 Å². The van der Waals surface area contributed by atoms with Crippen LogP contribution in [0.2, 0.25) is 0 Å². The average molecular weight is 526 g/mol. The van der Waals surface area contributed by atoms with Gasteiger partial charge in [-0.3, -0.25) is 0 Å². The quantitative estimate of drug-likeness (QED) is 0.234. The number of rotatable bonds is 9. The van der Waals surface area contributed by atoms with Gasteiger partial charge in [0.1, 0.15) is 11.6 Å². The standard InChI is InChI=1S/C26H27F9O/c1-2-3-4-5-15-6-8-16(9-7-15)18-13-20(28)23(21(29)14-18)17-10-11-22(19(27)12-17)36-26(34,35)24(30)25(31,32)33/h10-16,24H,2-9H2,1H3. The fourth-order valence-corrected chi connectivity index (χ4v) is 4.70. The highest BCUT2D eigenvalue weighted by Gasteiger charge is 2.59. The maximum atomic E-state index is 14.9. The molecule has 1 nitrogen and oxygen atoms in total. The molecule has 1 saturated carbocycles. The molecule has 1 aliphatic carbocycles. The smallest absolute Gasteiger partial charge is 0.427 e. The van der Waals surface area contributed by atoms with Gasteiger partial charge in [0.2, 0.25) is 0 Å². The zero-order chi connectivity index (χ0) is 26.7. The number of alkyl halides is 6. The molecule has 0 radical (unpaired) electrons. The minimum absolute atomic E-state index is 0.0255. The zero-order valence-corrected chi connectivity index (χ0v) is 19.6. The van der Waals surface area contributed by atoms with E-state index in [4.69, 9.17) is 0 Å². The normalized spacial score (nSPS) is 19.8. The second kappa shape index (κ2) is 11.3. The largest absolute Gasteiger partial charge is 0.439 e. The number of halogens is 9.